The van der Waals surface area contributed by atoms with Crippen LogP contribution < -0.4 is 0 Å². The largest absolute Gasteiger partial charge is 0.478 e. The van der Waals surface area contributed by atoms with E-state index in [4.69, 9.17) is 4.74 Å². The molecule has 4 heteroatoms. The lowest BCUT2D eigenvalue weighted by molar-refractivity contribution is 0.0370. The highest BCUT2D eigenvalue weighted by Crippen LogP contribution is 2.20. The van der Waals surface area contributed by atoms with Crippen LogP contribution >= 0.6 is 0 Å². The molecule has 0 saturated heterocycles. The summed E-state index contributed by atoms with van der Waals surface area (Å²) in [5.74, 6) is -0.806. The number of esters is 1. The molecule has 0 spiro atoms. The summed E-state index contributed by atoms with van der Waals surface area (Å²) in [5.41, 5.74) is 0.974. The minimum atomic E-state index is -1.06. The van der Waals surface area contributed by atoms with Crippen LogP contribution in [0.15, 0.2) is 18.2 Å². The van der Waals surface area contributed by atoms with Gasteiger partial charge in [0.1, 0.15) is 0 Å². The predicted octanol–water partition coefficient (Wildman–Crippen LogP) is 7.05. The van der Waals surface area contributed by atoms with Gasteiger partial charge in [0.2, 0.25) is 0 Å². The van der Waals surface area contributed by atoms with Gasteiger partial charge in [-0.3, -0.25) is 0 Å². The third-order valence-electron chi connectivity index (χ3n) is 5.15. The number of hydrogen-bond acceptors (Lipinski definition) is 3. The molecule has 164 valence electrons. The second-order valence-corrected chi connectivity index (χ2v) is 8.71. The molecule has 0 aliphatic carbocycles. The molecule has 0 atom stereocenters. The maximum absolute atomic E-state index is 12.2. The van der Waals surface area contributed by atoms with E-state index in [1.807, 2.05) is 6.07 Å². The first kappa shape index (κ1) is 25.2. The van der Waals surface area contributed by atoms with Crippen molar-refractivity contribution in [3.63, 3.8) is 0 Å². The number of rotatable bonds is 15. The maximum Gasteiger partial charge on any atom is 0.339 e. The second kappa shape index (κ2) is 14.2. The Hall–Kier alpha value is -1.84. The predicted molar refractivity (Wildman–Crippen MR) is 119 cm³/mol. The van der Waals surface area contributed by atoms with Crippen LogP contribution in [0.3, 0.4) is 0 Å². The van der Waals surface area contributed by atoms with Gasteiger partial charge < -0.3 is 9.84 Å². The topological polar surface area (TPSA) is 63.6 Å². The molecule has 4 nitrogen and oxygen atoms in total. The Labute approximate surface area is 177 Å². The van der Waals surface area contributed by atoms with Crippen molar-refractivity contribution >= 4 is 11.9 Å². The molecule has 0 unspecified atom stereocenters. The SMILES string of the molecule is CC(C)CCCCCCCCCCCc1cccc(C(=O)OC(C)C)c1C(=O)O. The van der Waals surface area contributed by atoms with Crippen LogP contribution in [0.2, 0.25) is 0 Å². The average Bonchev–Trinajstić information content (AvgIpc) is 2.64. The Morgan fingerprint density at radius 2 is 1.41 bits per heavy atom. The molecule has 0 heterocycles. The van der Waals surface area contributed by atoms with Crippen LogP contribution in [0.5, 0.6) is 0 Å². The van der Waals surface area contributed by atoms with Gasteiger partial charge >= 0.3 is 11.9 Å². The van der Waals surface area contributed by atoms with Gasteiger partial charge in [0, 0.05) is 0 Å². The third-order valence-corrected chi connectivity index (χ3v) is 5.15. The molecule has 0 saturated carbocycles. The zero-order valence-corrected chi connectivity index (χ0v) is 18.8. The first-order valence-electron chi connectivity index (χ1n) is 11.4. The average molecular weight is 405 g/mol. The number of aryl methyl sites for hydroxylation is 1. The van der Waals surface area contributed by atoms with Gasteiger partial charge in [0.15, 0.2) is 0 Å². The molecule has 1 N–H and O–H groups in total. The first-order valence-corrected chi connectivity index (χ1v) is 11.4. The van der Waals surface area contributed by atoms with Crippen LogP contribution in [0, 0.1) is 5.92 Å². The molecule has 1 rings (SSSR count). The van der Waals surface area contributed by atoms with Gasteiger partial charge in [-0.2, -0.15) is 0 Å². The fourth-order valence-corrected chi connectivity index (χ4v) is 3.61. The summed E-state index contributed by atoms with van der Waals surface area (Å²) in [6.07, 6.45) is 12.9. The van der Waals surface area contributed by atoms with E-state index in [0.717, 1.165) is 24.3 Å². The third kappa shape index (κ3) is 10.5. The van der Waals surface area contributed by atoms with E-state index in [-0.39, 0.29) is 17.2 Å². The summed E-state index contributed by atoms with van der Waals surface area (Å²) in [5, 5.41) is 9.61. The fraction of sp³-hybridized carbons (Fsp3) is 0.680. The van der Waals surface area contributed by atoms with Crippen LogP contribution in [0.4, 0.5) is 0 Å². The normalized spacial score (nSPS) is 11.2. The highest BCUT2D eigenvalue weighted by atomic mass is 16.5. The Bertz CT molecular complexity index is 619. The summed E-state index contributed by atoms with van der Waals surface area (Å²) < 4.78 is 5.20. The zero-order valence-electron chi connectivity index (χ0n) is 18.8. The highest BCUT2D eigenvalue weighted by Gasteiger charge is 2.21. The number of benzene rings is 1. The minimum absolute atomic E-state index is 0.0968. The van der Waals surface area contributed by atoms with Gasteiger partial charge in [-0.25, -0.2) is 9.59 Å². The van der Waals surface area contributed by atoms with Crippen molar-refractivity contribution < 1.29 is 19.4 Å². The standard InChI is InChI=1S/C25H40O4/c1-19(2)15-12-10-8-6-5-7-9-11-13-16-21-17-14-18-22(23(21)24(26)27)25(28)29-20(3)4/h14,17-20H,5-13,15-16H2,1-4H3,(H,26,27). The van der Waals surface area contributed by atoms with E-state index in [9.17, 15) is 14.7 Å². The van der Waals surface area contributed by atoms with Gasteiger partial charge in [-0.15, -0.1) is 0 Å². The molecule has 1 aromatic carbocycles. The lowest BCUT2D eigenvalue weighted by Gasteiger charge is -2.13. The Morgan fingerprint density at radius 3 is 1.93 bits per heavy atom. The molecule has 0 aromatic heterocycles. The molecule has 0 bridgehead atoms. The number of carbonyl (C=O) groups excluding carboxylic acids is 1. The number of carboxylic acid groups (broad SMARTS) is 1. The molecular formula is C25H40O4. The van der Waals surface area contributed by atoms with Crippen molar-refractivity contribution in [2.75, 3.05) is 0 Å². The van der Waals surface area contributed by atoms with Crippen molar-refractivity contribution in [3.8, 4) is 0 Å². The Balaban J connectivity index is 2.35. The van der Waals surface area contributed by atoms with Gasteiger partial charge in [-0.1, -0.05) is 83.8 Å². The maximum atomic E-state index is 12.2. The van der Waals surface area contributed by atoms with Crippen LogP contribution in [-0.4, -0.2) is 23.1 Å². The van der Waals surface area contributed by atoms with Crippen molar-refractivity contribution in [1.82, 2.24) is 0 Å². The summed E-state index contributed by atoms with van der Waals surface area (Å²) >= 11 is 0. The van der Waals surface area contributed by atoms with Gasteiger partial charge in [-0.05, 0) is 44.2 Å². The first-order chi connectivity index (χ1) is 13.8. The van der Waals surface area contributed by atoms with E-state index in [1.165, 1.54) is 51.4 Å². The van der Waals surface area contributed by atoms with Crippen LogP contribution in [0.25, 0.3) is 0 Å². The number of aromatic carboxylic acids is 1. The molecule has 0 aliphatic heterocycles. The number of carbonyl (C=O) groups is 2. The molecule has 0 radical (unpaired) electrons. The highest BCUT2D eigenvalue weighted by molar-refractivity contribution is 6.03. The lowest BCUT2D eigenvalue weighted by atomic mass is 9.96. The Morgan fingerprint density at radius 1 is 0.862 bits per heavy atom. The van der Waals surface area contributed by atoms with E-state index < -0.39 is 11.9 Å². The van der Waals surface area contributed by atoms with Gasteiger partial charge in [0.25, 0.3) is 0 Å². The lowest BCUT2D eigenvalue weighted by Crippen LogP contribution is -2.17. The number of carboxylic acids is 1. The summed E-state index contributed by atoms with van der Waals surface area (Å²) in [6, 6.07) is 5.10. The van der Waals surface area contributed by atoms with Crippen molar-refractivity contribution in [1.29, 1.82) is 0 Å². The van der Waals surface area contributed by atoms with Crippen molar-refractivity contribution in [3.05, 3.63) is 34.9 Å². The number of ether oxygens (including phenoxy) is 1. The molecular weight excluding hydrogens is 364 g/mol. The van der Waals surface area contributed by atoms with E-state index >= 15 is 0 Å². The number of hydrogen-bond donors (Lipinski definition) is 1. The van der Waals surface area contributed by atoms with E-state index in [0.29, 0.717) is 6.42 Å². The van der Waals surface area contributed by atoms with E-state index in [2.05, 4.69) is 13.8 Å². The van der Waals surface area contributed by atoms with Crippen molar-refractivity contribution in [2.24, 2.45) is 5.92 Å². The number of unbranched alkanes of at least 4 members (excludes halogenated alkanes) is 8. The van der Waals surface area contributed by atoms with Crippen LogP contribution in [0.1, 0.15) is 118 Å². The smallest absolute Gasteiger partial charge is 0.339 e. The monoisotopic (exact) mass is 404 g/mol. The molecule has 0 fully saturated rings. The van der Waals surface area contributed by atoms with Gasteiger partial charge in [0.05, 0.1) is 17.2 Å². The zero-order chi connectivity index (χ0) is 21.6. The Kier molecular flexibility index (Phi) is 12.3. The summed E-state index contributed by atoms with van der Waals surface area (Å²) in [7, 11) is 0. The quantitative estimate of drug-likeness (QED) is 0.251. The molecule has 29 heavy (non-hydrogen) atoms. The van der Waals surface area contributed by atoms with E-state index in [1.54, 1.807) is 26.0 Å². The summed E-state index contributed by atoms with van der Waals surface area (Å²) in [6.45, 7) is 8.08. The second-order valence-electron chi connectivity index (χ2n) is 8.71. The minimum Gasteiger partial charge on any atom is -0.478 e. The molecule has 1 aromatic rings. The molecule has 0 aliphatic rings. The fourth-order valence-electron chi connectivity index (χ4n) is 3.61. The van der Waals surface area contributed by atoms with Crippen LogP contribution in [-0.2, 0) is 11.2 Å². The molecule has 0 amide bonds. The summed E-state index contributed by atoms with van der Waals surface area (Å²) in [4.78, 5) is 24.0. The van der Waals surface area contributed by atoms with Crippen molar-refractivity contribution in [2.45, 2.75) is 104 Å².